The molecule has 0 aliphatic carbocycles. The van der Waals surface area contributed by atoms with Crippen LogP contribution in [0.1, 0.15) is 54.6 Å². The highest BCUT2D eigenvalue weighted by molar-refractivity contribution is 7.15. The summed E-state index contributed by atoms with van der Waals surface area (Å²) in [6.07, 6.45) is 2.62. The third kappa shape index (κ3) is 4.75. The first-order valence-electron chi connectivity index (χ1n) is 8.09. The topological polar surface area (TPSA) is 69.6 Å². The number of thiophene rings is 1. The fourth-order valence-electron chi connectivity index (χ4n) is 2.49. The second kappa shape index (κ2) is 7.27. The van der Waals surface area contributed by atoms with Crippen molar-refractivity contribution < 1.29 is 14.7 Å². The minimum atomic E-state index is -0.999. The number of hydrogen-bond donors (Lipinski definition) is 2. The first-order chi connectivity index (χ1) is 11.2. The van der Waals surface area contributed by atoms with E-state index in [1.54, 1.807) is 18.0 Å². The number of nitrogens with zero attached hydrogens (tertiary/aromatic N) is 1. The number of carboxylic acid groups (broad SMARTS) is 1. The summed E-state index contributed by atoms with van der Waals surface area (Å²) in [7, 11) is 1.79. The number of carbonyl (C=O) groups excluding carboxylic acids is 1. The molecule has 0 bridgehead atoms. The Morgan fingerprint density at radius 2 is 2.12 bits per heavy atom. The molecule has 1 aliphatic rings. The molecule has 24 heavy (non-hydrogen) atoms. The zero-order valence-electron chi connectivity index (χ0n) is 14.6. The molecule has 1 unspecified atom stereocenters. The summed E-state index contributed by atoms with van der Waals surface area (Å²) >= 11 is 1.14. The number of amides is 1. The number of rotatable bonds is 3. The van der Waals surface area contributed by atoms with E-state index in [9.17, 15) is 14.7 Å². The van der Waals surface area contributed by atoms with Crippen LogP contribution in [0, 0.1) is 17.3 Å². The second-order valence-electron chi connectivity index (χ2n) is 7.11. The molecular weight excluding hydrogens is 324 g/mol. The molecule has 2 N–H and O–H groups in total. The minimum Gasteiger partial charge on any atom is -0.477 e. The average Bonchev–Trinajstić information content (AvgIpc) is 2.82. The van der Waals surface area contributed by atoms with Gasteiger partial charge in [0.1, 0.15) is 10.9 Å². The van der Waals surface area contributed by atoms with Gasteiger partial charge in [0.25, 0.3) is 0 Å². The Hall–Kier alpha value is -2.00. The van der Waals surface area contributed by atoms with Gasteiger partial charge in [-0.1, -0.05) is 11.8 Å². The summed E-state index contributed by atoms with van der Waals surface area (Å²) in [5.74, 6) is 5.16. The summed E-state index contributed by atoms with van der Waals surface area (Å²) in [6.45, 7) is 6.76. The molecule has 5 nitrogen and oxygen atoms in total. The molecule has 0 spiro atoms. The summed E-state index contributed by atoms with van der Waals surface area (Å²) in [4.78, 5) is 26.5. The number of anilines is 1. The van der Waals surface area contributed by atoms with Crippen LogP contribution in [0.15, 0.2) is 6.07 Å². The number of hydrogen-bond acceptors (Lipinski definition) is 4. The monoisotopic (exact) mass is 348 g/mol. The molecule has 1 saturated heterocycles. The van der Waals surface area contributed by atoms with E-state index in [0.717, 1.165) is 30.7 Å². The quantitative estimate of drug-likeness (QED) is 0.823. The molecule has 1 fully saturated rings. The fraction of sp³-hybridized carbons (Fsp3) is 0.556. The fourth-order valence-corrected chi connectivity index (χ4v) is 3.30. The van der Waals surface area contributed by atoms with Gasteiger partial charge in [0, 0.05) is 19.0 Å². The van der Waals surface area contributed by atoms with Crippen LogP contribution >= 0.6 is 11.3 Å². The third-order valence-corrected chi connectivity index (χ3v) is 4.77. The molecule has 0 aromatic carbocycles. The minimum absolute atomic E-state index is 0.0114. The largest absolute Gasteiger partial charge is 0.477 e. The number of aromatic carboxylic acids is 1. The zero-order chi connectivity index (χ0) is 17.9. The van der Waals surface area contributed by atoms with Crippen molar-refractivity contribution in [1.29, 1.82) is 0 Å². The van der Waals surface area contributed by atoms with Gasteiger partial charge < -0.3 is 15.3 Å². The molecule has 0 radical (unpaired) electrons. The van der Waals surface area contributed by atoms with Crippen molar-refractivity contribution >= 4 is 28.9 Å². The number of nitrogens with one attached hydrogen (secondary N) is 1. The lowest BCUT2D eigenvalue weighted by Gasteiger charge is -2.21. The molecule has 1 atom stereocenters. The van der Waals surface area contributed by atoms with Gasteiger partial charge in [0.15, 0.2) is 0 Å². The Bertz CT molecular complexity index is 691. The van der Waals surface area contributed by atoms with E-state index in [0.29, 0.717) is 17.0 Å². The number of carboxylic acids is 1. The smallest absolute Gasteiger partial charge is 0.348 e. The Morgan fingerprint density at radius 3 is 2.75 bits per heavy atom. The third-order valence-electron chi connectivity index (χ3n) is 3.73. The average molecular weight is 348 g/mol. The zero-order valence-corrected chi connectivity index (χ0v) is 15.4. The number of likely N-dealkylation sites (N-methyl/N-ethyl adjacent to an activating group) is 1. The van der Waals surface area contributed by atoms with E-state index in [2.05, 4.69) is 17.2 Å². The molecule has 2 heterocycles. The standard InChI is InChI=1S/C18H24N2O3S/c1-18(2,3)9-8-12-11-14(15(24-12)17(22)23)19-13-7-5-6-10-20(4)16(13)21/h11,13,19H,5-7,10H2,1-4H3,(H,22,23). The Balaban J connectivity index is 2.28. The maximum atomic E-state index is 12.4. The molecule has 1 aromatic heterocycles. The van der Waals surface area contributed by atoms with E-state index in [1.165, 1.54) is 0 Å². The molecular formula is C18H24N2O3S. The number of carbonyl (C=O) groups is 2. The van der Waals surface area contributed by atoms with Gasteiger partial charge in [0.2, 0.25) is 5.91 Å². The highest BCUT2D eigenvalue weighted by Gasteiger charge is 2.26. The molecule has 2 rings (SSSR count). The normalized spacial score (nSPS) is 18.6. The van der Waals surface area contributed by atoms with Crippen LogP contribution in [-0.2, 0) is 4.79 Å². The van der Waals surface area contributed by atoms with Crippen LogP contribution in [-0.4, -0.2) is 41.5 Å². The number of likely N-dealkylation sites (tertiary alicyclic amines) is 1. The maximum Gasteiger partial charge on any atom is 0.348 e. The Labute approximate surface area is 147 Å². The van der Waals surface area contributed by atoms with E-state index in [4.69, 9.17) is 0 Å². The van der Waals surface area contributed by atoms with Crippen molar-refractivity contribution in [2.45, 2.75) is 46.1 Å². The predicted octanol–water partition coefficient (Wildman–Crippen LogP) is 3.27. The maximum absolute atomic E-state index is 12.4. The van der Waals surface area contributed by atoms with Crippen molar-refractivity contribution in [1.82, 2.24) is 4.90 Å². The van der Waals surface area contributed by atoms with Crippen LogP contribution in [0.4, 0.5) is 5.69 Å². The van der Waals surface area contributed by atoms with Gasteiger partial charge in [-0.25, -0.2) is 4.79 Å². The van der Waals surface area contributed by atoms with Gasteiger partial charge in [-0.3, -0.25) is 4.79 Å². The molecule has 1 amide bonds. The van der Waals surface area contributed by atoms with E-state index < -0.39 is 5.97 Å². The summed E-state index contributed by atoms with van der Waals surface area (Å²) < 4.78 is 0. The lowest BCUT2D eigenvalue weighted by Crippen LogP contribution is -2.39. The van der Waals surface area contributed by atoms with Crippen molar-refractivity contribution in [2.75, 3.05) is 18.9 Å². The van der Waals surface area contributed by atoms with Crippen molar-refractivity contribution in [3.63, 3.8) is 0 Å². The summed E-state index contributed by atoms with van der Waals surface area (Å²) in [5, 5.41) is 12.6. The van der Waals surface area contributed by atoms with Crippen molar-refractivity contribution in [3.05, 3.63) is 15.8 Å². The summed E-state index contributed by atoms with van der Waals surface area (Å²) in [5.41, 5.74) is 0.334. The lowest BCUT2D eigenvalue weighted by molar-refractivity contribution is -0.130. The van der Waals surface area contributed by atoms with Gasteiger partial charge in [-0.05, 0) is 46.1 Å². The SMILES string of the molecule is CN1CCCCC(Nc2cc(C#CC(C)(C)C)sc2C(=O)O)C1=O. The van der Waals surface area contributed by atoms with Crippen molar-refractivity contribution in [3.8, 4) is 11.8 Å². The van der Waals surface area contributed by atoms with Gasteiger partial charge in [-0.15, -0.1) is 11.3 Å². The van der Waals surface area contributed by atoms with Gasteiger partial charge >= 0.3 is 5.97 Å². The molecule has 6 heteroatoms. The molecule has 130 valence electrons. The molecule has 0 saturated carbocycles. The van der Waals surface area contributed by atoms with Crippen molar-refractivity contribution in [2.24, 2.45) is 5.41 Å². The lowest BCUT2D eigenvalue weighted by atomic mass is 9.98. The highest BCUT2D eigenvalue weighted by Crippen LogP contribution is 2.29. The van der Waals surface area contributed by atoms with E-state index in [-0.39, 0.29) is 22.2 Å². The van der Waals surface area contributed by atoms with E-state index >= 15 is 0 Å². The van der Waals surface area contributed by atoms with E-state index in [1.807, 2.05) is 20.8 Å². The van der Waals surface area contributed by atoms with Crippen LogP contribution in [0.5, 0.6) is 0 Å². The summed E-state index contributed by atoms with van der Waals surface area (Å²) in [6, 6.07) is 1.36. The van der Waals surface area contributed by atoms with Crippen LogP contribution < -0.4 is 5.32 Å². The molecule has 1 aromatic rings. The Kier molecular flexibility index (Phi) is 5.55. The molecule has 1 aliphatic heterocycles. The van der Waals surface area contributed by atoms with Crippen LogP contribution in [0.25, 0.3) is 0 Å². The van der Waals surface area contributed by atoms with Crippen LogP contribution in [0.3, 0.4) is 0 Å². The predicted molar refractivity (Wildman–Crippen MR) is 96.5 cm³/mol. The Morgan fingerprint density at radius 1 is 1.42 bits per heavy atom. The first-order valence-corrected chi connectivity index (χ1v) is 8.91. The van der Waals surface area contributed by atoms with Gasteiger partial charge in [-0.2, -0.15) is 0 Å². The van der Waals surface area contributed by atoms with Crippen LogP contribution in [0.2, 0.25) is 0 Å². The first kappa shape index (κ1) is 18.3. The van der Waals surface area contributed by atoms with Gasteiger partial charge in [0.05, 0.1) is 10.6 Å². The second-order valence-corrected chi connectivity index (χ2v) is 8.16. The highest BCUT2D eigenvalue weighted by atomic mass is 32.1.